The molecule has 8 nitrogen and oxygen atoms in total. The molecule has 3 rings (SSSR count). The van der Waals surface area contributed by atoms with Crippen molar-refractivity contribution in [2.24, 2.45) is 0 Å². The summed E-state index contributed by atoms with van der Waals surface area (Å²) in [6, 6.07) is -0.244. The van der Waals surface area contributed by atoms with Gasteiger partial charge >= 0.3 is 0 Å². The van der Waals surface area contributed by atoms with Gasteiger partial charge in [-0.2, -0.15) is 0 Å². The number of nitrogens with zero attached hydrogens (tertiary/aromatic N) is 5. The standard InChI is InChI=1S/C17H25N5O3/c1-12-7-18-15(24-12)10-21-5-6-22(11-16-19-8-13(2)25-16)14(9-21)17(23)20(3)4/h7-8,14H,5-6,9-11H2,1-4H3/t14-/m1/s1. The number of likely N-dealkylation sites (N-methyl/N-ethyl adjacent to an activating group) is 1. The van der Waals surface area contributed by atoms with Gasteiger partial charge in [0.25, 0.3) is 0 Å². The Balaban J connectivity index is 1.70. The van der Waals surface area contributed by atoms with Crippen LogP contribution in [-0.4, -0.2) is 70.3 Å². The number of amides is 1. The molecule has 1 atom stereocenters. The number of piperazine rings is 1. The van der Waals surface area contributed by atoms with Crippen LogP contribution in [0.1, 0.15) is 23.3 Å². The van der Waals surface area contributed by atoms with Crippen LogP contribution in [0.3, 0.4) is 0 Å². The predicted octanol–water partition coefficient (Wildman–Crippen LogP) is 1.05. The molecule has 1 fully saturated rings. The Hall–Kier alpha value is -2.19. The highest BCUT2D eigenvalue weighted by Gasteiger charge is 2.34. The Morgan fingerprint density at radius 2 is 1.72 bits per heavy atom. The largest absolute Gasteiger partial charge is 0.445 e. The van der Waals surface area contributed by atoms with Crippen molar-refractivity contribution in [1.82, 2.24) is 24.7 Å². The van der Waals surface area contributed by atoms with Crippen molar-refractivity contribution < 1.29 is 13.6 Å². The van der Waals surface area contributed by atoms with Gasteiger partial charge in [0, 0.05) is 33.7 Å². The summed E-state index contributed by atoms with van der Waals surface area (Å²) in [4.78, 5) is 27.2. The normalized spacial score (nSPS) is 19.3. The highest BCUT2D eigenvalue weighted by molar-refractivity contribution is 5.81. The molecular formula is C17H25N5O3. The number of hydrogen-bond donors (Lipinski definition) is 0. The van der Waals surface area contributed by atoms with E-state index >= 15 is 0 Å². The zero-order chi connectivity index (χ0) is 18.0. The minimum Gasteiger partial charge on any atom is -0.445 e. The number of aryl methyl sites for hydroxylation is 2. The van der Waals surface area contributed by atoms with Crippen molar-refractivity contribution in [2.45, 2.75) is 33.0 Å². The van der Waals surface area contributed by atoms with Gasteiger partial charge in [0.15, 0.2) is 0 Å². The smallest absolute Gasteiger partial charge is 0.240 e. The van der Waals surface area contributed by atoms with Crippen LogP contribution in [0, 0.1) is 13.8 Å². The number of carbonyl (C=O) groups excluding carboxylic acids is 1. The molecule has 0 radical (unpaired) electrons. The molecule has 1 amide bonds. The summed E-state index contributed by atoms with van der Waals surface area (Å²) in [7, 11) is 3.57. The third kappa shape index (κ3) is 4.26. The van der Waals surface area contributed by atoms with Crippen molar-refractivity contribution in [1.29, 1.82) is 0 Å². The zero-order valence-electron chi connectivity index (χ0n) is 15.2. The van der Waals surface area contributed by atoms with Crippen molar-refractivity contribution >= 4 is 5.91 Å². The SMILES string of the molecule is Cc1cnc(CN2CCN(Cc3ncc(C)o3)[C@@H](C(=O)N(C)C)C2)o1. The maximum Gasteiger partial charge on any atom is 0.240 e. The molecule has 2 aromatic rings. The van der Waals surface area contributed by atoms with Crippen LogP contribution in [0.15, 0.2) is 21.2 Å². The lowest BCUT2D eigenvalue weighted by atomic mass is 10.1. The second-order valence-electron chi connectivity index (χ2n) is 6.68. The number of hydrogen-bond acceptors (Lipinski definition) is 7. The Morgan fingerprint density at radius 1 is 1.12 bits per heavy atom. The third-order valence-electron chi connectivity index (χ3n) is 4.34. The first kappa shape index (κ1) is 17.6. The molecular weight excluding hydrogens is 322 g/mol. The van der Waals surface area contributed by atoms with Crippen molar-refractivity contribution in [2.75, 3.05) is 33.7 Å². The topological polar surface area (TPSA) is 78.9 Å². The molecule has 0 aromatic carbocycles. The molecule has 0 N–H and O–H groups in total. The van der Waals surface area contributed by atoms with Crippen molar-refractivity contribution in [3.63, 3.8) is 0 Å². The summed E-state index contributed by atoms with van der Waals surface area (Å²) in [5, 5.41) is 0. The quantitative estimate of drug-likeness (QED) is 0.800. The summed E-state index contributed by atoms with van der Waals surface area (Å²) >= 11 is 0. The van der Waals surface area contributed by atoms with Gasteiger partial charge in [-0.15, -0.1) is 0 Å². The summed E-state index contributed by atoms with van der Waals surface area (Å²) < 4.78 is 11.2. The van der Waals surface area contributed by atoms with Gasteiger partial charge in [-0.3, -0.25) is 14.6 Å². The monoisotopic (exact) mass is 347 g/mol. The van der Waals surface area contributed by atoms with E-state index < -0.39 is 0 Å². The number of aromatic nitrogens is 2. The minimum absolute atomic E-state index is 0.0802. The predicted molar refractivity (Wildman–Crippen MR) is 90.6 cm³/mol. The fourth-order valence-electron chi connectivity index (χ4n) is 3.06. The third-order valence-corrected chi connectivity index (χ3v) is 4.34. The van der Waals surface area contributed by atoms with Crippen LogP contribution in [0.25, 0.3) is 0 Å². The molecule has 136 valence electrons. The van der Waals surface area contributed by atoms with Gasteiger partial charge in [0.05, 0.1) is 25.5 Å². The molecule has 0 saturated carbocycles. The Morgan fingerprint density at radius 3 is 2.24 bits per heavy atom. The molecule has 0 aliphatic carbocycles. The molecule has 1 aliphatic rings. The van der Waals surface area contributed by atoms with Gasteiger partial charge in [0.1, 0.15) is 17.6 Å². The first-order chi connectivity index (χ1) is 11.9. The molecule has 25 heavy (non-hydrogen) atoms. The Kier molecular flexibility index (Phi) is 5.19. The van der Waals surface area contributed by atoms with E-state index in [1.54, 1.807) is 31.4 Å². The van der Waals surface area contributed by atoms with Crippen LogP contribution in [0.2, 0.25) is 0 Å². The average molecular weight is 347 g/mol. The van der Waals surface area contributed by atoms with Crippen LogP contribution in [0.5, 0.6) is 0 Å². The van der Waals surface area contributed by atoms with Gasteiger partial charge < -0.3 is 13.7 Å². The lowest BCUT2D eigenvalue weighted by Crippen LogP contribution is -2.58. The molecule has 0 bridgehead atoms. The van der Waals surface area contributed by atoms with E-state index in [0.717, 1.165) is 24.6 Å². The lowest BCUT2D eigenvalue weighted by molar-refractivity contribution is -0.137. The van der Waals surface area contributed by atoms with Crippen molar-refractivity contribution in [3.05, 3.63) is 35.7 Å². The van der Waals surface area contributed by atoms with E-state index in [9.17, 15) is 4.79 Å². The summed E-state index contributed by atoms with van der Waals surface area (Å²) in [5.41, 5.74) is 0. The summed E-state index contributed by atoms with van der Waals surface area (Å²) in [5.74, 6) is 2.99. The number of carbonyl (C=O) groups is 1. The van der Waals surface area contributed by atoms with Gasteiger partial charge in [-0.25, -0.2) is 9.97 Å². The highest BCUT2D eigenvalue weighted by atomic mass is 16.4. The summed E-state index contributed by atoms with van der Waals surface area (Å²) in [6.45, 7) is 7.10. The van der Waals surface area contributed by atoms with E-state index in [2.05, 4.69) is 19.8 Å². The van der Waals surface area contributed by atoms with Crippen LogP contribution in [0.4, 0.5) is 0 Å². The fourth-order valence-corrected chi connectivity index (χ4v) is 3.06. The molecule has 1 saturated heterocycles. The second kappa shape index (κ2) is 7.37. The minimum atomic E-state index is -0.244. The van der Waals surface area contributed by atoms with E-state index in [4.69, 9.17) is 8.83 Å². The summed E-state index contributed by atoms with van der Waals surface area (Å²) in [6.07, 6.45) is 3.43. The van der Waals surface area contributed by atoms with Gasteiger partial charge in [-0.1, -0.05) is 0 Å². The van der Waals surface area contributed by atoms with Gasteiger partial charge in [0.2, 0.25) is 17.7 Å². The first-order valence-corrected chi connectivity index (χ1v) is 8.42. The Labute approximate surface area is 147 Å². The van der Waals surface area contributed by atoms with Crippen LogP contribution >= 0.6 is 0 Å². The Bertz CT molecular complexity index is 723. The lowest BCUT2D eigenvalue weighted by Gasteiger charge is -2.40. The molecule has 0 spiro atoms. The van der Waals surface area contributed by atoms with E-state index in [0.29, 0.717) is 31.4 Å². The van der Waals surface area contributed by atoms with Crippen molar-refractivity contribution in [3.8, 4) is 0 Å². The molecule has 1 aliphatic heterocycles. The maximum atomic E-state index is 12.7. The number of rotatable bonds is 5. The van der Waals surface area contributed by atoms with Gasteiger partial charge in [-0.05, 0) is 13.8 Å². The molecule has 8 heteroatoms. The molecule has 2 aromatic heterocycles. The number of oxazole rings is 2. The first-order valence-electron chi connectivity index (χ1n) is 8.42. The second-order valence-corrected chi connectivity index (χ2v) is 6.68. The fraction of sp³-hybridized carbons (Fsp3) is 0.588. The van der Waals surface area contributed by atoms with Crippen LogP contribution < -0.4 is 0 Å². The molecule has 3 heterocycles. The van der Waals surface area contributed by atoms with E-state index in [1.165, 1.54) is 0 Å². The zero-order valence-corrected chi connectivity index (χ0v) is 15.2. The molecule has 0 unspecified atom stereocenters. The van der Waals surface area contributed by atoms with Crippen LogP contribution in [-0.2, 0) is 17.9 Å². The van der Waals surface area contributed by atoms with E-state index in [1.807, 2.05) is 13.8 Å². The van der Waals surface area contributed by atoms with E-state index in [-0.39, 0.29) is 11.9 Å². The highest BCUT2D eigenvalue weighted by Crippen LogP contribution is 2.18. The maximum absolute atomic E-state index is 12.7. The average Bonchev–Trinajstić information content (AvgIpc) is 3.16.